The summed E-state index contributed by atoms with van der Waals surface area (Å²) < 4.78 is 10.5. The van der Waals surface area contributed by atoms with Crippen LogP contribution in [-0.4, -0.2) is 30.9 Å². The zero-order valence-electron chi connectivity index (χ0n) is 13.0. The molecule has 6 heteroatoms. The first-order chi connectivity index (χ1) is 11.6. The summed E-state index contributed by atoms with van der Waals surface area (Å²) in [6.07, 6.45) is 6.06. The maximum atomic E-state index is 12.2. The Labute approximate surface area is 138 Å². The van der Waals surface area contributed by atoms with E-state index in [-0.39, 0.29) is 42.7 Å². The van der Waals surface area contributed by atoms with Gasteiger partial charge in [-0.1, -0.05) is 12.2 Å². The number of nitrogens with one attached hydrogen (secondary N) is 1. The molecule has 1 heterocycles. The number of anilines is 1. The van der Waals surface area contributed by atoms with Gasteiger partial charge in [0.1, 0.15) is 5.75 Å². The van der Waals surface area contributed by atoms with Gasteiger partial charge in [-0.25, -0.2) is 0 Å². The van der Waals surface area contributed by atoms with Crippen molar-refractivity contribution in [3.63, 3.8) is 0 Å². The number of ether oxygens (including phenoxy) is 2. The molecule has 1 fully saturated rings. The SMILES string of the molecule is O=C1COc2ccc(C(=O)COC(=O)C3CC4C=CC3C4)cc2N1. The fourth-order valence-electron chi connectivity index (χ4n) is 3.64. The Morgan fingerprint density at radius 2 is 2.12 bits per heavy atom. The van der Waals surface area contributed by atoms with E-state index in [4.69, 9.17) is 9.47 Å². The monoisotopic (exact) mass is 327 g/mol. The minimum absolute atomic E-state index is 0.0318. The van der Waals surface area contributed by atoms with Gasteiger partial charge in [0, 0.05) is 5.56 Å². The van der Waals surface area contributed by atoms with Crippen molar-refractivity contribution >= 4 is 23.3 Å². The molecule has 1 saturated carbocycles. The first-order valence-electron chi connectivity index (χ1n) is 8.05. The first-order valence-corrected chi connectivity index (χ1v) is 8.05. The minimum Gasteiger partial charge on any atom is -0.482 e. The summed E-state index contributed by atoms with van der Waals surface area (Å²) in [6.45, 7) is -0.320. The molecule has 2 bridgehead atoms. The van der Waals surface area contributed by atoms with E-state index in [1.165, 1.54) is 0 Å². The predicted octanol–water partition coefficient (Wildman–Crippen LogP) is 1.96. The van der Waals surface area contributed by atoms with E-state index in [2.05, 4.69) is 17.5 Å². The van der Waals surface area contributed by atoms with Crippen LogP contribution in [-0.2, 0) is 14.3 Å². The Balaban J connectivity index is 1.38. The summed E-state index contributed by atoms with van der Waals surface area (Å²) in [6, 6.07) is 4.78. The molecule has 0 radical (unpaired) electrons. The number of rotatable bonds is 4. The molecular weight excluding hydrogens is 310 g/mol. The molecule has 1 aromatic rings. The maximum absolute atomic E-state index is 12.2. The lowest BCUT2D eigenvalue weighted by molar-refractivity contribution is -0.148. The molecule has 0 aromatic heterocycles. The number of amides is 1. The molecule has 1 amide bonds. The van der Waals surface area contributed by atoms with E-state index in [0.29, 0.717) is 22.9 Å². The Kier molecular flexibility index (Phi) is 3.59. The van der Waals surface area contributed by atoms with Gasteiger partial charge in [0.25, 0.3) is 5.91 Å². The van der Waals surface area contributed by atoms with Crippen molar-refractivity contribution < 1.29 is 23.9 Å². The largest absolute Gasteiger partial charge is 0.482 e. The van der Waals surface area contributed by atoms with Gasteiger partial charge in [0.15, 0.2) is 19.0 Å². The molecular formula is C18H17NO5. The zero-order valence-corrected chi connectivity index (χ0v) is 13.0. The van der Waals surface area contributed by atoms with Gasteiger partial charge in [-0.2, -0.15) is 0 Å². The number of Topliss-reactive ketones (excluding diaryl/α,β-unsaturated/α-hetero) is 1. The Morgan fingerprint density at radius 3 is 2.88 bits per heavy atom. The summed E-state index contributed by atoms with van der Waals surface area (Å²) in [4.78, 5) is 35.7. The third-order valence-electron chi connectivity index (χ3n) is 4.86. The first kappa shape index (κ1) is 14.9. The predicted molar refractivity (Wildman–Crippen MR) is 84.7 cm³/mol. The number of ketones is 1. The average Bonchev–Trinajstić information content (AvgIpc) is 3.22. The number of esters is 1. The molecule has 1 aliphatic heterocycles. The molecule has 4 rings (SSSR count). The van der Waals surface area contributed by atoms with Gasteiger partial charge < -0.3 is 14.8 Å². The molecule has 24 heavy (non-hydrogen) atoms. The summed E-state index contributed by atoms with van der Waals surface area (Å²) in [7, 11) is 0. The van der Waals surface area contributed by atoms with Gasteiger partial charge in [-0.15, -0.1) is 0 Å². The van der Waals surface area contributed by atoms with Crippen molar-refractivity contribution in [1.29, 1.82) is 0 Å². The van der Waals surface area contributed by atoms with Crippen LogP contribution in [0.15, 0.2) is 30.4 Å². The quantitative estimate of drug-likeness (QED) is 0.519. The average molecular weight is 327 g/mol. The molecule has 0 spiro atoms. The highest BCUT2D eigenvalue weighted by molar-refractivity contribution is 6.01. The molecule has 3 atom stereocenters. The van der Waals surface area contributed by atoms with Crippen LogP contribution in [0.5, 0.6) is 5.75 Å². The standard InChI is InChI=1S/C18H17NO5/c20-15(8-24-18(22)13-6-10-1-2-11(13)5-10)12-3-4-16-14(7-12)19-17(21)9-23-16/h1-4,7,10-11,13H,5-6,8-9H2,(H,19,21). The number of fused-ring (bicyclic) bond motifs is 3. The molecule has 124 valence electrons. The summed E-state index contributed by atoms with van der Waals surface area (Å²) >= 11 is 0. The van der Waals surface area contributed by atoms with Crippen LogP contribution in [0.25, 0.3) is 0 Å². The molecule has 1 aromatic carbocycles. The van der Waals surface area contributed by atoms with Crippen molar-refractivity contribution in [1.82, 2.24) is 0 Å². The Hall–Kier alpha value is -2.63. The van der Waals surface area contributed by atoms with E-state index in [9.17, 15) is 14.4 Å². The summed E-state index contributed by atoms with van der Waals surface area (Å²) in [5, 5.41) is 2.65. The van der Waals surface area contributed by atoms with E-state index in [0.717, 1.165) is 12.8 Å². The molecule has 3 aliphatic rings. The molecule has 2 aliphatic carbocycles. The van der Waals surface area contributed by atoms with Crippen LogP contribution >= 0.6 is 0 Å². The van der Waals surface area contributed by atoms with Crippen LogP contribution in [0.3, 0.4) is 0 Å². The third kappa shape index (κ3) is 2.68. The third-order valence-corrected chi connectivity index (χ3v) is 4.86. The van der Waals surface area contributed by atoms with Crippen LogP contribution in [0.1, 0.15) is 23.2 Å². The van der Waals surface area contributed by atoms with Gasteiger partial charge in [0.2, 0.25) is 0 Å². The van der Waals surface area contributed by atoms with Gasteiger partial charge in [0.05, 0.1) is 11.6 Å². The van der Waals surface area contributed by atoms with Crippen LogP contribution in [0.4, 0.5) is 5.69 Å². The highest BCUT2D eigenvalue weighted by Gasteiger charge is 2.40. The zero-order chi connectivity index (χ0) is 16.7. The second kappa shape index (κ2) is 5.78. The Bertz CT molecular complexity index is 754. The minimum atomic E-state index is -0.301. The summed E-state index contributed by atoms with van der Waals surface area (Å²) in [5.41, 5.74) is 0.835. The van der Waals surface area contributed by atoms with Crippen molar-refractivity contribution in [2.75, 3.05) is 18.5 Å². The van der Waals surface area contributed by atoms with Gasteiger partial charge in [-0.3, -0.25) is 14.4 Å². The lowest BCUT2D eigenvalue weighted by atomic mass is 9.94. The van der Waals surface area contributed by atoms with Crippen LogP contribution < -0.4 is 10.1 Å². The van der Waals surface area contributed by atoms with Crippen molar-refractivity contribution in [2.24, 2.45) is 17.8 Å². The van der Waals surface area contributed by atoms with Crippen LogP contribution in [0.2, 0.25) is 0 Å². The Morgan fingerprint density at radius 1 is 1.25 bits per heavy atom. The lowest BCUT2D eigenvalue weighted by Gasteiger charge is -2.18. The number of allylic oxidation sites excluding steroid dienone is 2. The molecule has 1 N–H and O–H groups in total. The molecule has 0 saturated heterocycles. The molecule has 6 nitrogen and oxygen atoms in total. The number of hydrogen-bond donors (Lipinski definition) is 1. The lowest BCUT2D eigenvalue weighted by Crippen LogP contribution is -2.26. The number of benzene rings is 1. The van der Waals surface area contributed by atoms with Crippen molar-refractivity contribution in [3.05, 3.63) is 35.9 Å². The van der Waals surface area contributed by atoms with E-state index in [1.807, 2.05) is 0 Å². The fourth-order valence-corrected chi connectivity index (χ4v) is 3.64. The number of carbonyl (C=O) groups is 3. The van der Waals surface area contributed by atoms with Crippen LogP contribution in [0, 0.1) is 17.8 Å². The van der Waals surface area contributed by atoms with Gasteiger partial charge in [-0.05, 0) is 42.9 Å². The van der Waals surface area contributed by atoms with E-state index < -0.39 is 0 Å². The maximum Gasteiger partial charge on any atom is 0.310 e. The highest BCUT2D eigenvalue weighted by atomic mass is 16.5. The van der Waals surface area contributed by atoms with E-state index in [1.54, 1.807) is 18.2 Å². The summed E-state index contributed by atoms with van der Waals surface area (Å²) in [5.74, 6) is 0.282. The van der Waals surface area contributed by atoms with Gasteiger partial charge >= 0.3 is 5.97 Å². The van der Waals surface area contributed by atoms with Crippen molar-refractivity contribution in [2.45, 2.75) is 12.8 Å². The topological polar surface area (TPSA) is 81.7 Å². The van der Waals surface area contributed by atoms with Crippen molar-refractivity contribution in [3.8, 4) is 5.75 Å². The second-order valence-corrected chi connectivity index (χ2v) is 6.47. The smallest absolute Gasteiger partial charge is 0.310 e. The highest BCUT2D eigenvalue weighted by Crippen LogP contribution is 2.43. The normalized spacial score (nSPS) is 26.5. The number of carbonyl (C=O) groups excluding carboxylic acids is 3. The fraction of sp³-hybridized carbons (Fsp3) is 0.389. The van der Waals surface area contributed by atoms with E-state index >= 15 is 0 Å². The second-order valence-electron chi connectivity index (χ2n) is 6.47. The molecule has 3 unspecified atom stereocenters. The number of hydrogen-bond acceptors (Lipinski definition) is 5.